The summed E-state index contributed by atoms with van der Waals surface area (Å²) in [7, 11) is 0. The summed E-state index contributed by atoms with van der Waals surface area (Å²) in [5.74, 6) is 0.0716. The van der Waals surface area contributed by atoms with Crippen molar-refractivity contribution in [2.45, 2.75) is 64.3 Å². The molecule has 1 aliphatic carbocycles. The summed E-state index contributed by atoms with van der Waals surface area (Å²) in [6.45, 7) is 5.09. The minimum Gasteiger partial charge on any atom is -0.480 e. The van der Waals surface area contributed by atoms with Crippen LogP contribution in [0.4, 0.5) is 0 Å². The standard InChI is InChI=1S/C13H25NO2/c1-3-10-14-13(12(15)16)8-5-6-11(4-2)7-9-13/h11,14H,3-10H2,1-2H3,(H,15,16). The smallest absolute Gasteiger partial charge is 0.323 e. The zero-order valence-corrected chi connectivity index (χ0v) is 10.6. The maximum atomic E-state index is 11.5. The second-order valence-electron chi connectivity index (χ2n) is 5.02. The van der Waals surface area contributed by atoms with Crippen LogP contribution < -0.4 is 5.32 Å². The van der Waals surface area contributed by atoms with Gasteiger partial charge in [-0.25, -0.2) is 0 Å². The van der Waals surface area contributed by atoms with E-state index in [-0.39, 0.29) is 0 Å². The highest BCUT2D eigenvalue weighted by Crippen LogP contribution is 2.32. The first-order valence-electron chi connectivity index (χ1n) is 6.63. The van der Waals surface area contributed by atoms with Crippen molar-refractivity contribution in [3.63, 3.8) is 0 Å². The fraction of sp³-hybridized carbons (Fsp3) is 0.923. The Morgan fingerprint density at radius 3 is 2.69 bits per heavy atom. The van der Waals surface area contributed by atoms with E-state index >= 15 is 0 Å². The van der Waals surface area contributed by atoms with Crippen LogP contribution in [0.2, 0.25) is 0 Å². The summed E-state index contributed by atoms with van der Waals surface area (Å²) in [6.07, 6.45) is 7.05. The van der Waals surface area contributed by atoms with Crippen molar-refractivity contribution in [1.29, 1.82) is 0 Å². The molecule has 1 saturated carbocycles. The highest BCUT2D eigenvalue weighted by molar-refractivity contribution is 5.78. The molecule has 0 spiro atoms. The number of carboxylic acids is 1. The molecule has 0 saturated heterocycles. The van der Waals surface area contributed by atoms with Crippen molar-refractivity contribution in [3.05, 3.63) is 0 Å². The fourth-order valence-electron chi connectivity index (χ4n) is 2.65. The molecule has 0 bridgehead atoms. The van der Waals surface area contributed by atoms with Crippen LogP contribution in [0.3, 0.4) is 0 Å². The van der Waals surface area contributed by atoms with Crippen LogP contribution in [0.1, 0.15) is 58.8 Å². The predicted octanol–water partition coefficient (Wildman–Crippen LogP) is 2.80. The van der Waals surface area contributed by atoms with E-state index in [0.717, 1.165) is 44.6 Å². The zero-order chi connectivity index (χ0) is 12.0. The summed E-state index contributed by atoms with van der Waals surface area (Å²) in [4.78, 5) is 11.5. The molecule has 3 heteroatoms. The number of rotatable bonds is 5. The van der Waals surface area contributed by atoms with Gasteiger partial charge in [-0.2, -0.15) is 0 Å². The summed E-state index contributed by atoms with van der Waals surface area (Å²) in [5, 5.41) is 12.7. The van der Waals surface area contributed by atoms with E-state index < -0.39 is 11.5 Å². The van der Waals surface area contributed by atoms with Crippen LogP contribution >= 0.6 is 0 Å². The Hall–Kier alpha value is -0.570. The van der Waals surface area contributed by atoms with Crippen LogP contribution in [0.15, 0.2) is 0 Å². The van der Waals surface area contributed by atoms with Crippen molar-refractivity contribution >= 4 is 5.97 Å². The minimum absolute atomic E-state index is 0.639. The largest absolute Gasteiger partial charge is 0.480 e. The summed E-state index contributed by atoms with van der Waals surface area (Å²) in [5.41, 5.74) is -0.639. The molecule has 3 nitrogen and oxygen atoms in total. The third-order valence-electron chi connectivity index (χ3n) is 3.90. The number of hydrogen-bond acceptors (Lipinski definition) is 2. The van der Waals surface area contributed by atoms with Crippen molar-refractivity contribution in [1.82, 2.24) is 5.32 Å². The van der Waals surface area contributed by atoms with Gasteiger partial charge in [0.05, 0.1) is 0 Å². The average Bonchev–Trinajstić information content (AvgIpc) is 2.49. The summed E-state index contributed by atoms with van der Waals surface area (Å²) in [6, 6.07) is 0. The van der Waals surface area contributed by atoms with Gasteiger partial charge < -0.3 is 10.4 Å². The normalized spacial score (nSPS) is 31.0. The van der Waals surface area contributed by atoms with Crippen molar-refractivity contribution < 1.29 is 9.90 Å². The molecule has 0 radical (unpaired) electrons. The number of nitrogens with one attached hydrogen (secondary N) is 1. The Balaban J connectivity index is 2.65. The van der Waals surface area contributed by atoms with Gasteiger partial charge in [-0.05, 0) is 38.1 Å². The third kappa shape index (κ3) is 3.21. The molecule has 0 amide bonds. The van der Waals surface area contributed by atoms with Crippen LogP contribution in [-0.2, 0) is 4.79 Å². The Morgan fingerprint density at radius 2 is 2.12 bits per heavy atom. The molecule has 2 unspecified atom stereocenters. The molecule has 0 aromatic carbocycles. The van der Waals surface area contributed by atoms with Crippen molar-refractivity contribution in [3.8, 4) is 0 Å². The van der Waals surface area contributed by atoms with E-state index in [4.69, 9.17) is 0 Å². The Morgan fingerprint density at radius 1 is 1.38 bits per heavy atom. The molecule has 94 valence electrons. The van der Waals surface area contributed by atoms with E-state index in [1.54, 1.807) is 0 Å². The fourth-order valence-corrected chi connectivity index (χ4v) is 2.65. The number of carboxylic acid groups (broad SMARTS) is 1. The van der Waals surface area contributed by atoms with Crippen LogP contribution in [0.25, 0.3) is 0 Å². The quantitative estimate of drug-likeness (QED) is 0.710. The van der Waals surface area contributed by atoms with E-state index in [9.17, 15) is 9.90 Å². The van der Waals surface area contributed by atoms with Gasteiger partial charge in [0.25, 0.3) is 0 Å². The monoisotopic (exact) mass is 227 g/mol. The average molecular weight is 227 g/mol. The van der Waals surface area contributed by atoms with Gasteiger partial charge in [0.1, 0.15) is 5.54 Å². The first kappa shape index (κ1) is 13.5. The highest BCUT2D eigenvalue weighted by atomic mass is 16.4. The third-order valence-corrected chi connectivity index (χ3v) is 3.90. The van der Waals surface area contributed by atoms with Gasteiger partial charge >= 0.3 is 5.97 Å². The molecule has 16 heavy (non-hydrogen) atoms. The lowest BCUT2D eigenvalue weighted by atomic mass is 9.89. The second kappa shape index (κ2) is 6.24. The van der Waals surface area contributed by atoms with Gasteiger partial charge in [0.2, 0.25) is 0 Å². The molecule has 0 aromatic rings. The van der Waals surface area contributed by atoms with E-state index in [2.05, 4.69) is 19.2 Å². The lowest BCUT2D eigenvalue weighted by Crippen LogP contribution is -2.52. The predicted molar refractivity (Wildman–Crippen MR) is 65.5 cm³/mol. The summed E-state index contributed by atoms with van der Waals surface area (Å²) < 4.78 is 0. The number of carbonyl (C=O) groups is 1. The second-order valence-corrected chi connectivity index (χ2v) is 5.02. The van der Waals surface area contributed by atoms with Gasteiger partial charge in [-0.15, -0.1) is 0 Å². The molecular formula is C13H25NO2. The maximum absolute atomic E-state index is 11.5. The van der Waals surface area contributed by atoms with Gasteiger partial charge in [-0.3, -0.25) is 4.79 Å². The maximum Gasteiger partial charge on any atom is 0.323 e. The van der Waals surface area contributed by atoms with Crippen molar-refractivity contribution in [2.24, 2.45) is 5.92 Å². The number of hydrogen-bond donors (Lipinski definition) is 2. The topological polar surface area (TPSA) is 49.3 Å². The molecule has 2 atom stereocenters. The molecule has 0 aliphatic heterocycles. The minimum atomic E-state index is -0.655. The number of aliphatic carboxylic acids is 1. The lowest BCUT2D eigenvalue weighted by Gasteiger charge is -2.29. The van der Waals surface area contributed by atoms with E-state index in [0.29, 0.717) is 0 Å². The van der Waals surface area contributed by atoms with Gasteiger partial charge in [0, 0.05) is 0 Å². The van der Waals surface area contributed by atoms with Crippen LogP contribution in [-0.4, -0.2) is 23.2 Å². The Bertz CT molecular complexity index is 230. The lowest BCUT2D eigenvalue weighted by molar-refractivity contribution is -0.145. The van der Waals surface area contributed by atoms with Gasteiger partial charge in [0.15, 0.2) is 0 Å². The molecule has 0 heterocycles. The van der Waals surface area contributed by atoms with Gasteiger partial charge in [-0.1, -0.05) is 33.1 Å². The molecule has 1 aliphatic rings. The highest BCUT2D eigenvalue weighted by Gasteiger charge is 2.39. The molecule has 2 N–H and O–H groups in total. The Kier molecular flexibility index (Phi) is 5.26. The van der Waals surface area contributed by atoms with Crippen molar-refractivity contribution in [2.75, 3.05) is 6.54 Å². The Labute approximate surface area is 98.6 Å². The van der Waals surface area contributed by atoms with E-state index in [1.807, 2.05) is 0 Å². The molecular weight excluding hydrogens is 202 g/mol. The first-order valence-corrected chi connectivity index (χ1v) is 6.63. The molecule has 0 aromatic heterocycles. The molecule has 1 fully saturated rings. The zero-order valence-electron chi connectivity index (χ0n) is 10.6. The SMILES string of the molecule is CCCNC1(C(=O)O)CCCC(CC)CC1. The van der Waals surface area contributed by atoms with Crippen LogP contribution in [0, 0.1) is 5.92 Å². The van der Waals surface area contributed by atoms with Crippen LogP contribution in [0.5, 0.6) is 0 Å². The molecule has 1 rings (SSSR count). The first-order chi connectivity index (χ1) is 7.64. The summed E-state index contributed by atoms with van der Waals surface area (Å²) >= 11 is 0. The van der Waals surface area contributed by atoms with E-state index in [1.165, 1.54) is 12.8 Å².